The van der Waals surface area contributed by atoms with Gasteiger partial charge in [0, 0.05) is 31.0 Å². The molecule has 1 saturated heterocycles. The Kier molecular flexibility index (Phi) is 5.99. The minimum Gasteiger partial charge on any atom is -0.496 e. The molecule has 0 bridgehead atoms. The summed E-state index contributed by atoms with van der Waals surface area (Å²) in [6.45, 7) is 0.827. The third-order valence-corrected chi connectivity index (χ3v) is 6.90. The van der Waals surface area contributed by atoms with Gasteiger partial charge in [-0.1, -0.05) is 48.5 Å². The van der Waals surface area contributed by atoms with E-state index in [1.807, 2.05) is 30.3 Å². The number of nitriles is 1. The number of carbonyl (C=O) groups is 1. The van der Waals surface area contributed by atoms with Gasteiger partial charge in [0.15, 0.2) is 6.10 Å². The van der Waals surface area contributed by atoms with Crippen molar-refractivity contribution in [3.05, 3.63) is 65.7 Å². The molecule has 0 radical (unpaired) electrons. The second kappa shape index (κ2) is 8.70. The van der Waals surface area contributed by atoms with Gasteiger partial charge in [0.05, 0.1) is 18.8 Å². The molecule has 31 heavy (non-hydrogen) atoms. The van der Waals surface area contributed by atoms with Crippen LogP contribution in [0.2, 0.25) is 0 Å². The van der Waals surface area contributed by atoms with Crippen molar-refractivity contribution in [2.45, 2.75) is 31.0 Å². The maximum absolute atomic E-state index is 13.1. The van der Waals surface area contributed by atoms with E-state index >= 15 is 0 Å². The second-order valence-corrected chi connectivity index (χ2v) is 8.72. The Morgan fingerprint density at radius 2 is 1.94 bits per heavy atom. The maximum atomic E-state index is 13.1. The molecule has 0 spiro atoms. The summed E-state index contributed by atoms with van der Waals surface area (Å²) in [6.07, 6.45) is 0.365. The fraction of sp³-hybridized carbons (Fsp3) is 0.440. The van der Waals surface area contributed by atoms with E-state index in [9.17, 15) is 20.3 Å². The van der Waals surface area contributed by atoms with E-state index in [2.05, 4.69) is 6.07 Å². The van der Waals surface area contributed by atoms with Gasteiger partial charge < -0.3 is 19.8 Å². The van der Waals surface area contributed by atoms with Gasteiger partial charge in [-0.25, -0.2) is 0 Å². The summed E-state index contributed by atoms with van der Waals surface area (Å²) in [5.41, 5.74) is 0.0572. The number of nitrogens with zero attached hydrogens (tertiary/aromatic N) is 2. The molecule has 1 aliphatic carbocycles. The molecule has 1 saturated carbocycles. The van der Waals surface area contributed by atoms with Crippen LogP contribution in [0, 0.1) is 29.1 Å². The zero-order valence-corrected chi connectivity index (χ0v) is 17.6. The van der Waals surface area contributed by atoms with Crippen LogP contribution >= 0.6 is 0 Å². The van der Waals surface area contributed by atoms with Crippen LogP contribution in [0.4, 0.5) is 0 Å². The number of benzene rings is 2. The van der Waals surface area contributed by atoms with Gasteiger partial charge in [0.2, 0.25) is 0 Å². The minimum atomic E-state index is -1.23. The number of aliphatic hydroxyl groups is 2. The van der Waals surface area contributed by atoms with Crippen LogP contribution in [0.25, 0.3) is 0 Å². The number of aliphatic hydroxyl groups excluding tert-OH is 1. The van der Waals surface area contributed by atoms with Crippen LogP contribution in [0.5, 0.6) is 5.75 Å². The normalized spacial score (nSPS) is 28.5. The van der Waals surface area contributed by atoms with Crippen molar-refractivity contribution in [2.75, 3.05) is 20.2 Å². The second-order valence-electron chi connectivity index (χ2n) is 8.72. The Labute approximate surface area is 182 Å². The summed E-state index contributed by atoms with van der Waals surface area (Å²) in [7, 11) is 1.58. The fourth-order valence-corrected chi connectivity index (χ4v) is 5.48. The van der Waals surface area contributed by atoms with Gasteiger partial charge in [-0.2, -0.15) is 5.26 Å². The predicted molar refractivity (Wildman–Crippen MR) is 115 cm³/mol. The minimum absolute atomic E-state index is 0.0373. The third-order valence-electron chi connectivity index (χ3n) is 6.90. The van der Waals surface area contributed by atoms with Gasteiger partial charge >= 0.3 is 0 Å². The molecular formula is C25H28N2O4. The lowest BCUT2D eigenvalue weighted by Gasteiger charge is -2.45. The number of fused-ring (bicyclic) bond motifs is 1. The van der Waals surface area contributed by atoms with Gasteiger partial charge in [-0.05, 0) is 36.3 Å². The lowest BCUT2D eigenvalue weighted by Crippen LogP contribution is -2.46. The van der Waals surface area contributed by atoms with E-state index in [0.29, 0.717) is 42.8 Å². The van der Waals surface area contributed by atoms with Crippen LogP contribution in [-0.4, -0.2) is 41.2 Å². The highest BCUT2D eigenvalue weighted by Crippen LogP contribution is 2.52. The van der Waals surface area contributed by atoms with Crippen LogP contribution in [0.15, 0.2) is 54.6 Å². The number of likely N-dealkylation sites (tertiary alicyclic amines) is 1. The van der Waals surface area contributed by atoms with Crippen molar-refractivity contribution in [3.63, 3.8) is 0 Å². The Morgan fingerprint density at radius 1 is 1.23 bits per heavy atom. The molecule has 4 rings (SSSR count). The zero-order chi connectivity index (χ0) is 22.0. The van der Waals surface area contributed by atoms with E-state index in [1.165, 1.54) is 0 Å². The molecule has 2 aromatic rings. The molecule has 1 aliphatic heterocycles. The molecule has 6 nitrogen and oxygen atoms in total. The van der Waals surface area contributed by atoms with E-state index in [4.69, 9.17) is 4.74 Å². The number of carbonyl (C=O) groups excluding carboxylic acids is 1. The molecule has 162 valence electrons. The Morgan fingerprint density at radius 3 is 2.65 bits per heavy atom. The molecule has 1 amide bonds. The SMILES string of the molecule is COc1ccccc1[C@]1(O)C[C@H](CC#N)C[C@H]2CN(C(=O)[C@@H](O)c3ccccc3)C[C@H]21. The Balaban J connectivity index is 1.64. The third kappa shape index (κ3) is 3.91. The number of methoxy groups -OCH3 is 1. The molecule has 2 aliphatic rings. The highest BCUT2D eigenvalue weighted by atomic mass is 16.5. The lowest BCUT2D eigenvalue weighted by molar-refractivity contribution is -0.140. The first-order chi connectivity index (χ1) is 15.0. The number of amides is 1. The molecular weight excluding hydrogens is 392 g/mol. The van der Waals surface area contributed by atoms with E-state index < -0.39 is 11.7 Å². The quantitative estimate of drug-likeness (QED) is 0.776. The maximum Gasteiger partial charge on any atom is 0.256 e. The first-order valence-electron chi connectivity index (χ1n) is 10.7. The average molecular weight is 421 g/mol. The molecule has 1 heterocycles. The predicted octanol–water partition coefficient (Wildman–Crippen LogP) is 3.01. The monoisotopic (exact) mass is 420 g/mol. The van der Waals surface area contributed by atoms with Crippen LogP contribution in [0.3, 0.4) is 0 Å². The molecule has 5 atom stereocenters. The van der Waals surface area contributed by atoms with Gasteiger partial charge in [-0.15, -0.1) is 0 Å². The summed E-state index contributed by atoms with van der Waals surface area (Å²) in [5.74, 6) is 0.158. The number of hydrogen-bond donors (Lipinski definition) is 2. The largest absolute Gasteiger partial charge is 0.496 e. The van der Waals surface area contributed by atoms with Crippen molar-refractivity contribution >= 4 is 5.91 Å². The van der Waals surface area contributed by atoms with Crippen molar-refractivity contribution in [2.24, 2.45) is 17.8 Å². The number of rotatable bonds is 5. The van der Waals surface area contributed by atoms with Crippen molar-refractivity contribution in [1.82, 2.24) is 4.90 Å². The van der Waals surface area contributed by atoms with Gasteiger partial charge in [0.25, 0.3) is 5.91 Å². The zero-order valence-electron chi connectivity index (χ0n) is 17.6. The lowest BCUT2D eigenvalue weighted by atomic mass is 9.63. The topological polar surface area (TPSA) is 93.8 Å². The number of para-hydroxylation sites is 1. The summed E-state index contributed by atoms with van der Waals surface area (Å²) in [6, 6.07) is 18.6. The smallest absolute Gasteiger partial charge is 0.256 e. The summed E-state index contributed by atoms with van der Waals surface area (Å²) >= 11 is 0. The molecule has 0 aromatic heterocycles. The van der Waals surface area contributed by atoms with Crippen molar-refractivity contribution in [1.29, 1.82) is 5.26 Å². The molecule has 2 N–H and O–H groups in total. The number of ether oxygens (including phenoxy) is 1. The van der Waals surface area contributed by atoms with Gasteiger partial charge in [-0.3, -0.25) is 4.79 Å². The average Bonchev–Trinajstić information content (AvgIpc) is 3.24. The van der Waals surface area contributed by atoms with E-state index in [1.54, 1.807) is 36.3 Å². The molecule has 2 aromatic carbocycles. The first-order valence-corrected chi connectivity index (χ1v) is 10.7. The molecule has 6 heteroatoms. The highest BCUT2D eigenvalue weighted by Gasteiger charge is 2.54. The van der Waals surface area contributed by atoms with Crippen molar-refractivity contribution in [3.8, 4) is 11.8 Å². The summed E-state index contributed by atoms with van der Waals surface area (Å²) < 4.78 is 5.53. The summed E-state index contributed by atoms with van der Waals surface area (Å²) in [5, 5.41) is 31.9. The molecule has 0 unspecified atom stereocenters. The first kappa shape index (κ1) is 21.4. The highest BCUT2D eigenvalue weighted by molar-refractivity contribution is 5.82. The Bertz CT molecular complexity index is 973. The van der Waals surface area contributed by atoms with Crippen LogP contribution in [0.1, 0.15) is 36.5 Å². The number of hydrogen-bond acceptors (Lipinski definition) is 5. The molecule has 2 fully saturated rings. The standard InChI is InChI=1S/C25H28N2O4/c1-31-22-10-6-5-9-20(22)25(30)14-17(11-12-26)13-19-15-27(16-21(19)25)24(29)23(28)18-7-3-2-4-8-18/h2-10,17,19,21,23,28,30H,11,13-16H2,1H3/t17-,19+,21-,23+,25-/m1/s1. The van der Waals surface area contributed by atoms with E-state index in [0.717, 1.165) is 6.42 Å². The van der Waals surface area contributed by atoms with Crippen molar-refractivity contribution < 1.29 is 19.7 Å². The van der Waals surface area contributed by atoms with Crippen LogP contribution < -0.4 is 4.74 Å². The van der Waals surface area contributed by atoms with Crippen LogP contribution in [-0.2, 0) is 10.4 Å². The van der Waals surface area contributed by atoms with Gasteiger partial charge in [0.1, 0.15) is 5.75 Å². The Hall–Kier alpha value is -2.88. The summed E-state index contributed by atoms with van der Waals surface area (Å²) in [4.78, 5) is 14.8. The van der Waals surface area contributed by atoms with E-state index in [-0.39, 0.29) is 23.7 Å². The fourth-order valence-electron chi connectivity index (χ4n) is 5.48.